The fraction of sp³-hybridized carbons (Fsp3) is 0.273. The summed E-state index contributed by atoms with van der Waals surface area (Å²) in [6, 6.07) is 6.00. The van der Waals surface area contributed by atoms with Gasteiger partial charge in [-0.3, -0.25) is 0 Å². The predicted molar refractivity (Wildman–Crippen MR) is 52.8 cm³/mol. The summed E-state index contributed by atoms with van der Waals surface area (Å²) in [7, 11) is 0. The van der Waals surface area contributed by atoms with Gasteiger partial charge in [-0.2, -0.15) is 8.78 Å². The molecule has 1 atom stereocenters. The molecule has 0 aromatic heterocycles. The van der Waals surface area contributed by atoms with Gasteiger partial charge < -0.3 is 9.84 Å². The zero-order valence-electron chi connectivity index (χ0n) is 8.07. The maximum atomic E-state index is 11.9. The molecule has 15 heavy (non-hydrogen) atoms. The van der Waals surface area contributed by atoms with E-state index in [-0.39, 0.29) is 5.75 Å². The minimum Gasteiger partial charge on any atom is -0.435 e. The summed E-state index contributed by atoms with van der Waals surface area (Å²) in [5.41, 5.74) is 0.535. The maximum absolute atomic E-state index is 11.9. The van der Waals surface area contributed by atoms with Crippen molar-refractivity contribution in [1.29, 1.82) is 0 Å². The smallest absolute Gasteiger partial charge is 0.387 e. The summed E-state index contributed by atoms with van der Waals surface area (Å²) in [6.07, 6.45) is 1.20. The Balaban J connectivity index is 2.77. The molecule has 0 bridgehead atoms. The van der Waals surface area contributed by atoms with Crippen molar-refractivity contribution in [2.75, 3.05) is 0 Å². The van der Waals surface area contributed by atoms with E-state index in [4.69, 9.17) is 0 Å². The van der Waals surface area contributed by atoms with Gasteiger partial charge in [0.1, 0.15) is 5.75 Å². The quantitative estimate of drug-likeness (QED) is 0.763. The highest BCUT2D eigenvalue weighted by Crippen LogP contribution is 2.22. The summed E-state index contributed by atoms with van der Waals surface area (Å²) in [5, 5.41) is 9.56. The van der Waals surface area contributed by atoms with Crippen LogP contribution in [0, 0.1) is 0 Å². The monoisotopic (exact) mass is 214 g/mol. The van der Waals surface area contributed by atoms with Crippen molar-refractivity contribution in [3.05, 3.63) is 42.5 Å². The van der Waals surface area contributed by atoms with Crippen LogP contribution in [0.5, 0.6) is 5.75 Å². The normalized spacial score (nSPS) is 12.5. The SMILES string of the molecule is C=CCC(O)c1cccc(OC(F)F)c1. The van der Waals surface area contributed by atoms with E-state index in [0.29, 0.717) is 12.0 Å². The first-order valence-corrected chi connectivity index (χ1v) is 4.47. The third-order valence-corrected chi connectivity index (χ3v) is 1.86. The molecule has 0 aliphatic heterocycles. The molecule has 0 saturated carbocycles. The Labute approximate surface area is 86.8 Å². The van der Waals surface area contributed by atoms with E-state index in [1.165, 1.54) is 12.1 Å². The molecule has 82 valence electrons. The third-order valence-electron chi connectivity index (χ3n) is 1.86. The number of rotatable bonds is 5. The molecule has 0 aliphatic carbocycles. The first-order chi connectivity index (χ1) is 7.13. The average molecular weight is 214 g/mol. The molecular weight excluding hydrogens is 202 g/mol. The Morgan fingerprint density at radius 1 is 1.47 bits per heavy atom. The van der Waals surface area contributed by atoms with Crippen LogP contribution in [-0.2, 0) is 0 Å². The van der Waals surface area contributed by atoms with E-state index in [1.54, 1.807) is 18.2 Å². The fourth-order valence-corrected chi connectivity index (χ4v) is 1.19. The van der Waals surface area contributed by atoms with Crippen molar-refractivity contribution in [2.45, 2.75) is 19.1 Å². The van der Waals surface area contributed by atoms with Gasteiger partial charge >= 0.3 is 6.61 Å². The van der Waals surface area contributed by atoms with Crippen LogP contribution < -0.4 is 4.74 Å². The van der Waals surface area contributed by atoms with Gasteiger partial charge in [-0.05, 0) is 24.1 Å². The molecule has 1 aromatic rings. The summed E-state index contributed by atoms with van der Waals surface area (Å²) >= 11 is 0. The fourth-order valence-electron chi connectivity index (χ4n) is 1.19. The number of hydrogen-bond donors (Lipinski definition) is 1. The van der Waals surface area contributed by atoms with Crippen LogP contribution in [0.4, 0.5) is 8.78 Å². The van der Waals surface area contributed by atoms with E-state index in [2.05, 4.69) is 11.3 Å². The highest BCUT2D eigenvalue weighted by Gasteiger charge is 2.08. The Morgan fingerprint density at radius 2 is 2.20 bits per heavy atom. The number of halogens is 2. The van der Waals surface area contributed by atoms with Crippen LogP contribution in [0.15, 0.2) is 36.9 Å². The van der Waals surface area contributed by atoms with Gasteiger partial charge in [-0.1, -0.05) is 18.2 Å². The summed E-state index contributed by atoms with van der Waals surface area (Å²) in [4.78, 5) is 0. The standard InChI is InChI=1S/C11H12F2O2/c1-2-4-10(14)8-5-3-6-9(7-8)15-11(12)13/h2-3,5-7,10-11,14H,1,4H2. The lowest BCUT2D eigenvalue weighted by Gasteiger charge is -2.10. The number of hydrogen-bond acceptors (Lipinski definition) is 2. The van der Waals surface area contributed by atoms with Crippen LogP contribution in [0.1, 0.15) is 18.1 Å². The van der Waals surface area contributed by atoms with E-state index in [0.717, 1.165) is 0 Å². The summed E-state index contributed by atoms with van der Waals surface area (Å²) in [6.45, 7) is 0.636. The second-order valence-corrected chi connectivity index (χ2v) is 2.99. The molecule has 0 saturated heterocycles. The number of ether oxygens (including phenoxy) is 1. The van der Waals surface area contributed by atoms with Crippen LogP contribution in [-0.4, -0.2) is 11.7 Å². The molecule has 2 nitrogen and oxygen atoms in total. The number of benzene rings is 1. The van der Waals surface area contributed by atoms with Gasteiger partial charge in [-0.25, -0.2) is 0 Å². The molecule has 4 heteroatoms. The van der Waals surface area contributed by atoms with Crippen LogP contribution >= 0.6 is 0 Å². The molecule has 0 radical (unpaired) electrons. The zero-order valence-corrected chi connectivity index (χ0v) is 8.07. The first kappa shape index (κ1) is 11.7. The van der Waals surface area contributed by atoms with Crippen molar-refractivity contribution < 1.29 is 18.6 Å². The Bertz CT molecular complexity index is 326. The second-order valence-electron chi connectivity index (χ2n) is 2.99. The minimum absolute atomic E-state index is 0.0469. The van der Waals surface area contributed by atoms with E-state index in [1.807, 2.05) is 0 Å². The Kier molecular flexibility index (Phi) is 4.24. The van der Waals surface area contributed by atoms with Gasteiger partial charge in [0, 0.05) is 0 Å². The molecule has 0 aliphatic rings. The van der Waals surface area contributed by atoms with Crippen LogP contribution in [0.3, 0.4) is 0 Å². The van der Waals surface area contributed by atoms with Crippen molar-refractivity contribution in [3.63, 3.8) is 0 Å². The third kappa shape index (κ3) is 3.67. The highest BCUT2D eigenvalue weighted by molar-refractivity contribution is 5.30. The molecule has 0 heterocycles. The molecule has 1 aromatic carbocycles. The van der Waals surface area contributed by atoms with Gasteiger partial charge in [0.2, 0.25) is 0 Å². The second kappa shape index (κ2) is 5.46. The molecule has 0 spiro atoms. The molecular formula is C11H12F2O2. The summed E-state index contributed by atoms with van der Waals surface area (Å²) < 4.78 is 28.0. The van der Waals surface area contributed by atoms with Crippen LogP contribution in [0.25, 0.3) is 0 Å². The largest absolute Gasteiger partial charge is 0.435 e. The van der Waals surface area contributed by atoms with Crippen molar-refractivity contribution >= 4 is 0 Å². The number of aliphatic hydroxyl groups excluding tert-OH is 1. The maximum Gasteiger partial charge on any atom is 0.387 e. The van der Waals surface area contributed by atoms with E-state index < -0.39 is 12.7 Å². The summed E-state index contributed by atoms with van der Waals surface area (Å²) in [5.74, 6) is 0.0469. The van der Waals surface area contributed by atoms with E-state index in [9.17, 15) is 13.9 Å². The molecule has 1 unspecified atom stereocenters. The lowest BCUT2D eigenvalue weighted by atomic mass is 10.1. The average Bonchev–Trinajstić information content (AvgIpc) is 2.17. The Hall–Kier alpha value is -1.42. The van der Waals surface area contributed by atoms with Gasteiger partial charge in [0.25, 0.3) is 0 Å². The van der Waals surface area contributed by atoms with Gasteiger partial charge in [-0.15, -0.1) is 6.58 Å². The number of alkyl halides is 2. The lowest BCUT2D eigenvalue weighted by molar-refractivity contribution is -0.0499. The van der Waals surface area contributed by atoms with Crippen molar-refractivity contribution in [2.24, 2.45) is 0 Å². The zero-order chi connectivity index (χ0) is 11.3. The molecule has 0 fully saturated rings. The first-order valence-electron chi connectivity index (χ1n) is 4.47. The lowest BCUT2D eigenvalue weighted by Crippen LogP contribution is -2.03. The van der Waals surface area contributed by atoms with Gasteiger partial charge in [0.15, 0.2) is 0 Å². The topological polar surface area (TPSA) is 29.5 Å². The number of aliphatic hydroxyl groups is 1. The molecule has 1 rings (SSSR count). The van der Waals surface area contributed by atoms with Crippen molar-refractivity contribution in [1.82, 2.24) is 0 Å². The molecule has 0 amide bonds. The van der Waals surface area contributed by atoms with Crippen molar-refractivity contribution in [3.8, 4) is 5.75 Å². The predicted octanol–water partition coefficient (Wildman–Crippen LogP) is 2.90. The molecule has 1 N–H and O–H groups in total. The van der Waals surface area contributed by atoms with Crippen LogP contribution in [0.2, 0.25) is 0 Å². The van der Waals surface area contributed by atoms with E-state index >= 15 is 0 Å². The highest BCUT2D eigenvalue weighted by atomic mass is 19.3. The van der Waals surface area contributed by atoms with Gasteiger partial charge in [0.05, 0.1) is 6.10 Å². The minimum atomic E-state index is -2.85. The Morgan fingerprint density at radius 3 is 2.80 bits per heavy atom.